The third-order valence-electron chi connectivity index (χ3n) is 2.49. The quantitative estimate of drug-likeness (QED) is 0.557. The highest BCUT2D eigenvalue weighted by molar-refractivity contribution is 7.08. The lowest BCUT2D eigenvalue weighted by molar-refractivity contribution is -0.144. The lowest BCUT2D eigenvalue weighted by Gasteiger charge is -2.16. The summed E-state index contributed by atoms with van der Waals surface area (Å²) in [5.41, 5.74) is 0.516. The summed E-state index contributed by atoms with van der Waals surface area (Å²) in [6.45, 7) is 1.37. The number of rotatable bonds is 7. The summed E-state index contributed by atoms with van der Waals surface area (Å²) in [6.07, 6.45) is -1.26. The average molecular weight is 300 g/mol. The lowest BCUT2D eigenvalue weighted by atomic mass is 10.2. The predicted molar refractivity (Wildman–Crippen MR) is 72.5 cm³/mol. The van der Waals surface area contributed by atoms with Gasteiger partial charge >= 0.3 is 5.97 Å². The Morgan fingerprint density at radius 2 is 2.10 bits per heavy atom. The molecular formula is C12H16N2O5S. The smallest absolute Gasteiger partial charge is 0.328 e. The van der Waals surface area contributed by atoms with Crippen LogP contribution in [0.5, 0.6) is 0 Å². The Kier molecular flexibility index (Phi) is 6.13. The molecule has 0 unspecified atom stereocenters. The largest absolute Gasteiger partial charge is 0.480 e. The molecule has 2 amide bonds. The van der Waals surface area contributed by atoms with E-state index in [2.05, 4.69) is 10.6 Å². The van der Waals surface area contributed by atoms with Crippen LogP contribution in [-0.2, 0) is 9.59 Å². The van der Waals surface area contributed by atoms with Gasteiger partial charge in [0, 0.05) is 23.9 Å². The van der Waals surface area contributed by atoms with Gasteiger partial charge in [-0.2, -0.15) is 11.3 Å². The monoisotopic (exact) mass is 300 g/mol. The molecule has 4 N–H and O–H groups in total. The van der Waals surface area contributed by atoms with E-state index in [-0.39, 0.29) is 18.9 Å². The van der Waals surface area contributed by atoms with Crippen LogP contribution in [0.1, 0.15) is 23.7 Å². The number of thiophene rings is 1. The van der Waals surface area contributed by atoms with E-state index in [1.807, 2.05) is 0 Å². The van der Waals surface area contributed by atoms with Gasteiger partial charge in [0.05, 0.1) is 6.10 Å². The first-order valence-corrected chi connectivity index (χ1v) is 6.86. The van der Waals surface area contributed by atoms with Crippen molar-refractivity contribution in [1.82, 2.24) is 10.6 Å². The van der Waals surface area contributed by atoms with Crippen LogP contribution < -0.4 is 10.6 Å². The Hall–Kier alpha value is -1.93. The van der Waals surface area contributed by atoms with Crippen molar-refractivity contribution in [2.75, 3.05) is 6.54 Å². The van der Waals surface area contributed by atoms with E-state index in [1.165, 1.54) is 18.3 Å². The van der Waals surface area contributed by atoms with Crippen LogP contribution in [0.25, 0.3) is 0 Å². The molecular weight excluding hydrogens is 284 g/mol. The second-order valence-corrected chi connectivity index (χ2v) is 4.92. The highest BCUT2D eigenvalue weighted by Crippen LogP contribution is 2.05. The SMILES string of the molecule is C[C@@H](O)[C@H](NC(=O)CCNC(=O)c1ccsc1)C(=O)O. The van der Waals surface area contributed by atoms with Gasteiger partial charge < -0.3 is 20.8 Å². The molecule has 0 saturated heterocycles. The highest BCUT2D eigenvalue weighted by atomic mass is 32.1. The number of hydrogen-bond acceptors (Lipinski definition) is 5. The van der Waals surface area contributed by atoms with Gasteiger partial charge in [0.1, 0.15) is 0 Å². The fourth-order valence-corrected chi connectivity index (χ4v) is 2.06. The topological polar surface area (TPSA) is 116 Å². The van der Waals surface area contributed by atoms with Crippen LogP contribution in [0.3, 0.4) is 0 Å². The van der Waals surface area contributed by atoms with Gasteiger partial charge in [0.15, 0.2) is 6.04 Å². The summed E-state index contributed by atoms with van der Waals surface area (Å²) in [4.78, 5) is 33.8. The van der Waals surface area contributed by atoms with E-state index in [9.17, 15) is 19.5 Å². The zero-order chi connectivity index (χ0) is 15.1. The molecule has 0 aliphatic carbocycles. The summed E-state index contributed by atoms with van der Waals surface area (Å²) in [5, 5.41) is 26.2. The molecule has 0 radical (unpaired) electrons. The highest BCUT2D eigenvalue weighted by Gasteiger charge is 2.24. The van der Waals surface area contributed by atoms with E-state index in [4.69, 9.17) is 5.11 Å². The summed E-state index contributed by atoms with van der Waals surface area (Å²) >= 11 is 1.39. The van der Waals surface area contributed by atoms with Crippen molar-refractivity contribution in [3.05, 3.63) is 22.4 Å². The summed E-state index contributed by atoms with van der Waals surface area (Å²) in [5.74, 6) is -2.15. The number of amides is 2. The van der Waals surface area contributed by atoms with Gasteiger partial charge in [0.2, 0.25) is 5.91 Å². The van der Waals surface area contributed by atoms with E-state index < -0.39 is 24.0 Å². The molecule has 0 aromatic carbocycles. The van der Waals surface area contributed by atoms with E-state index in [0.29, 0.717) is 5.56 Å². The Morgan fingerprint density at radius 1 is 1.40 bits per heavy atom. The summed E-state index contributed by atoms with van der Waals surface area (Å²) in [6, 6.07) is 0.309. The number of nitrogens with one attached hydrogen (secondary N) is 2. The Balaban J connectivity index is 2.33. The molecule has 0 fully saturated rings. The molecule has 0 spiro atoms. The van der Waals surface area contributed by atoms with Crippen molar-refractivity contribution in [2.24, 2.45) is 0 Å². The maximum atomic E-state index is 11.6. The van der Waals surface area contributed by atoms with Crippen molar-refractivity contribution in [3.63, 3.8) is 0 Å². The van der Waals surface area contributed by atoms with Gasteiger partial charge in [-0.15, -0.1) is 0 Å². The average Bonchev–Trinajstić information content (AvgIpc) is 2.88. The number of aliphatic carboxylic acids is 1. The van der Waals surface area contributed by atoms with Gasteiger partial charge in [0.25, 0.3) is 5.91 Å². The number of aliphatic hydroxyl groups is 1. The standard InChI is InChI=1S/C12H16N2O5S/c1-7(15)10(12(18)19)14-9(16)2-4-13-11(17)8-3-5-20-6-8/h3,5-7,10,15H,2,4H2,1H3,(H,13,17)(H,14,16)(H,18,19)/t7-,10+/m1/s1. The Bertz CT molecular complexity index is 472. The molecule has 7 nitrogen and oxygen atoms in total. The molecule has 20 heavy (non-hydrogen) atoms. The molecule has 110 valence electrons. The van der Waals surface area contributed by atoms with E-state index in [1.54, 1.807) is 16.8 Å². The van der Waals surface area contributed by atoms with Crippen molar-refractivity contribution in [1.29, 1.82) is 0 Å². The fourth-order valence-electron chi connectivity index (χ4n) is 1.42. The van der Waals surface area contributed by atoms with Gasteiger partial charge in [-0.05, 0) is 18.4 Å². The molecule has 8 heteroatoms. The maximum absolute atomic E-state index is 11.6. The number of carboxylic acid groups (broad SMARTS) is 1. The fraction of sp³-hybridized carbons (Fsp3) is 0.417. The number of aliphatic hydroxyl groups excluding tert-OH is 1. The zero-order valence-electron chi connectivity index (χ0n) is 10.8. The van der Waals surface area contributed by atoms with Crippen LogP contribution in [0, 0.1) is 0 Å². The second-order valence-electron chi connectivity index (χ2n) is 4.14. The van der Waals surface area contributed by atoms with Crippen molar-refractivity contribution < 1.29 is 24.6 Å². The van der Waals surface area contributed by atoms with E-state index in [0.717, 1.165) is 0 Å². The molecule has 0 aliphatic heterocycles. The summed E-state index contributed by atoms with van der Waals surface area (Å²) in [7, 11) is 0. The van der Waals surface area contributed by atoms with Crippen LogP contribution in [0.4, 0.5) is 0 Å². The third-order valence-corrected chi connectivity index (χ3v) is 3.17. The zero-order valence-corrected chi connectivity index (χ0v) is 11.6. The number of carbonyl (C=O) groups excluding carboxylic acids is 2. The number of hydrogen-bond donors (Lipinski definition) is 4. The first-order chi connectivity index (χ1) is 9.41. The van der Waals surface area contributed by atoms with Gasteiger partial charge in [-0.1, -0.05) is 0 Å². The lowest BCUT2D eigenvalue weighted by Crippen LogP contribution is -2.48. The summed E-state index contributed by atoms with van der Waals surface area (Å²) < 4.78 is 0. The molecule has 1 heterocycles. The minimum Gasteiger partial charge on any atom is -0.480 e. The number of carboxylic acids is 1. The van der Waals surface area contributed by atoms with Crippen molar-refractivity contribution in [3.8, 4) is 0 Å². The Labute approximate surface area is 119 Å². The minimum atomic E-state index is -1.35. The molecule has 0 aliphatic rings. The van der Waals surface area contributed by atoms with Crippen LogP contribution in [0.2, 0.25) is 0 Å². The van der Waals surface area contributed by atoms with Crippen LogP contribution >= 0.6 is 11.3 Å². The first kappa shape index (κ1) is 16.1. The van der Waals surface area contributed by atoms with E-state index >= 15 is 0 Å². The second kappa shape index (κ2) is 7.61. The first-order valence-electron chi connectivity index (χ1n) is 5.92. The predicted octanol–water partition coefficient (Wildman–Crippen LogP) is -0.182. The minimum absolute atomic E-state index is 0.0631. The molecule has 0 saturated carbocycles. The molecule has 2 atom stereocenters. The third kappa shape index (κ3) is 4.98. The van der Waals surface area contributed by atoms with Crippen LogP contribution in [0.15, 0.2) is 16.8 Å². The molecule has 1 rings (SSSR count). The van der Waals surface area contributed by atoms with Crippen LogP contribution in [-0.4, -0.2) is 46.7 Å². The van der Waals surface area contributed by atoms with Crippen molar-refractivity contribution in [2.45, 2.75) is 25.5 Å². The van der Waals surface area contributed by atoms with Gasteiger partial charge in [-0.25, -0.2) is 4.79 Å². The van der Waals surface area contributed by atoms with Gasteiger partial charge in [-0.3, -0.25) is 9.59 Å². The molecule has 1 aromatic rings. The Morgan fingerprint density at radius 3 is 2.60 bits per heavy atom. The van der Waals surface area contributed by atoms with Crippen molar-refractivity contribution >= 4 is 29.1 Å². The number of carbonyl (C=O) groups is 3. The molecule has 0 bridgehead atoms. The normalized spacial score (nSPS) is 13.3. The molecule has 1 aromatic heterocycles. The maximum Gasteiger partial charge on any atom is 0.328 e.